The van der Waals surface area contributed by atoms with E-state index in [-0.39, 0.29) is 0 Å². The Bertz CT molecular complexity index is 500. The molecule has 1 atom stereocenters. The molecule has 0 saturated carbocycles. The van der Waals surface area contributed by atoms with Gasteiger partial charge < -0.3 is 9.72 Å². The quantitative estimate of drug-likeness (QED) is 0.915. The van der Waals surface area contributed by atoms with E-state index in [4.69, 9.17) is 0 Å². The van der Waals surface area contributed by atoms with E-state index in [9.17, 15) is 0 Å². The molecule has 16 heavy (non-hydrogen) atoms. The average molecular weight is 280 g/mol. The van der Waals surface area contributed by atoms with Crippen LogP contribution in [0.2, 0.25) is 0 Å². The smallest absolute Gasteiger partial charge is 0.114 e. The van der Waals surface area contributed by atoms with Gasteiger partial charge in [-0.3, -0.25) is 0 Å². The first kappa shape index (κ1) is 10.3. The molecule has 3 rings (SSSR count). The fourth-order valence-corrected chi connectivity index (χ4v) is 2.66. The van der Waals surface area contributed by atoms with Crippen LogP contribution in [0.15, 0.2) is 29.0 Å². The van der Waals surface area contributed by atoms with Crippen LogP contribution < -0.4 is 5.32 Å². The molecule has 1 N–H and O–H groups in total. The molecule has 1 unspecified atom stereocenters. The number of rotatable bonds is 2. The number of halogens is 1. The zero-order chi connectivity index (χ0) is 11.0. The molecular weight excluding hydrogens is 266 g/mol. The van der Waals surface area contributed by atoms with Crippen LogP contribution in [-0.4, -0.2) is 22.0 Å². The van der Waals surface area contributed by atoms with Crippen LogP contribution in [0, 0.1) is 0 Å². The molecule has 4 heteroatoms. The number of hydrogen-bond acceptors (Lipinski definition) is 2. The lowest BCUT2D eigenvalue weighted by Gasteiger charge is -2.09. The molecule has 2 aromatic rings. The molecule has 0 aliphatic carbocycles. The fraction of sp³-hybridized carbons (Fsp3) is 0.417. The molecule has 1 fully saturated rings. The fourth-order valence-electron chi connectivity index (χ4n) is 2.32. The van der Waals surface area contributed by atoms with Crippen LogP contribution in [0.3, 0.4) is 0 Å². The first-order chi connectivity index (χ1) is 7.83. The average Bonchev–Trinajstić information content (AvgIpc) is 2.90. The lowest BCUT2D eigenvalue weighted by atomic mass is 10.1. The van der Waals surface area contributed by atoms with Crippen molar-refractivity contribution >= 4 is 21.4 Å². The molecule has 0 bridgehead atoms. The molecule has 1 aliphatic heterocycles. The second-order valence-corrected chi connectivity index (χ2v) is 5.23. The zero-order valence-corrected chi connectivity index (χ0v) is 10.6. The van der Waals surface area contributed by atoms with Crippen molar-refractivity contribution < 1.29 is 0 Å². The van der Waals surface area contributed by atoms with Crippen molar-refractivity contribution in [3.8, 4) is 0 Å². The number of nitrogens with zero attached hydrogens (tertiary/aromatic N) is 2. The van der Waals surface area contributed by atoms with Crippen molar-refractivity contribution in [1.82, 2.24) is 14.7 Å². The number of aromatic nitrogens is 2. The van der Waals surface area contributed by atoms with Gasteiger partial charge in [0.15, 0.2) is 0 Å². The normalized spacial score (nSPS) is 20.7. The summed E-state index contributed by atoms with van der Waals surface area (Å²) in [6.45, 7) is 1.15. The molecule has 0 radical (unpaired) electrons. The first-order valence-corrected chi connectivity index (χ1v) is 6.47. The van der Waals surface area contributed by atoms with E-state index in [2.05, 4.69) is 49.0 Å². The van der Waals surface area contributed by atoms with E-state index in [1.165, 1.54) is 12.8 Å². The van der Waals surface area contributed by atoms with Crippen LogP contribution in [0.1, 0.15) is 18.7 Å². The number of nitrogens with one attached hydrogen (secondary N) is 1. The molecule has 2 aromatic heterocycles. The standard InChI is InChI=1S/C12H14BrN3/c13-9-3-4-11-7-15-12(16(11)8-9)6-10-2-1-5-14-10/h3-4,7-8,10,14H,1-2,5-6H2. The van der Waals surface area contributed by atoms with Gasteiger partial charge in [0.1, 0.15) is 5.82 Å². The topological polar surface area (TPSA) is 29.3 Å². The summed E-state index contributed by atoms with van der Waals surface area (Å²) in [6.07, 6.45) is 7.61. The van der Waals surface area contributed by atoms with Gasteiger partial charge >= 0.3 is 0 Å². The van der Waals surface area contributed by atoms with Gasteiger partial charge in [-0.25, -0.2) is 4.98 Å². The highest BCUT2D eigenvalue weighted by Gasteiger charge is 2.16. The molecule has 3 nitrogen and oxygen atoms in total. The molecule has 0 amide bonds. The van der Waals surface area contributed by atoms with Gasteiger partial charge in [-0.2, -0.15) is 0 Å². The van der Waals surface area contributed by atoms with E-state index in [1.807, 2.05) is 6.20 Å². The van der Waals surface area contributed by atoms with Gasteiger partial charge in [0.25, 0.3) is 0 Å². The van der Waals surface area contributed by atoms with Crippen LogP contribution >= 0.6 is 15.9 Å². The summed E-state index contributed by atoms with van der Waals surface area (Å²) >= 11 is 3.50. The Morgan fingerprint density at radius 1 is 1.50 bits per heavy atom. The van der Waals surface area contributed by atoms with Crippen molar-refractivity contribution in [3.63, 3.8) is 0 Å². The Morgan fingerprint density at radius 2 is 2.44 bits per heavy atom. The Hall–Kier alpha value is -0.870. The van der Waals surface area contributed by atoms with Crippen molar-refractivity contribution in [2.24, 2.45) is 0 Å². The predicted octanol–water partition coefficient (Wildman–Crippen LogP) is 2.39. The van der Waals surface area contributed by atoms with Gasteiger partial charge in [0.05, 0.1) is 11.7 Å². The van der Waals surface area contributed by atoms with E-state index in [0.717, 1.165) is 28.8 Å². The van der Waals surface area contributed by atoms with Crippen molar-refractivity contribution in [2.75, 3.05) is 6.54 Å². The van der Waals surface area contributed by atoms with Crippen molar-refractivity contribution in [3.05, 3.63) is 34.8 Å². The van der Waals surface area contributed by atoms with Gasteiger partial charge in [0, 0.05) is 23.1 Å². The molecule has 0 spiro atoms. The van der Waals surface area contributed by atoms with Gasteiger partial charge in [-0.05, 0) is 47.4 Å². The maximum Gasteiger partial charge on any atom is 0.114 e. The summed E-state index contributed by atoms with van der Waals surface area (Å²) in [6, 6.07) is 4.74. The van der Waals surface area contributed by atoms with Crippen molar-refractivity contribution in [2.45, 2.75) is 25.3 Å². The van der Waals surface area contributed by atoms with Crippen LogP contribution in [-0.2, 0) is 6.42 Å². The third kappa shape index (κ3) is 1.87. The zero-order valence-electron chi connectivity index (χ0n) is 8.99. The monoisotopic (exact) mass is 279 g/mol. The number of fused-ring (bicyclic) bond motifs is 1. The third-order valence-corrected chi connectivity index (χ3v) is 3.63. The summed E-state index contributed by atoms with van der Waals surface area (Å²) in [5.41, 5.74) is 1.16. The number of imidazole rings is 1. The highest BCUT2D eigenvalue weighted by Crippen LogP contribution is 2.16. The van der Waals surface area contributed by atoms with Gasteiger partial charge in [0.2, 0.25) is 0 Å². The lowest BCUT2D eigenvalue weighted by molar-refractivity contribution is 0.584. The summed E-state index contributed by atoms with van der Waals surface area (Å²) < 4.78 is 3.27. The SMILES string of the molecule is Brc1ccc2cnc(CC3CCCN3)n2c1. The van der Waals surface area contributed by atoms with E-state index in [1.54, 1.807) is 0 Å². The third-order valence-electron chi connectivity index (χ3n) is 3.16. The highest BCUT2D eigenvalue weighted by atomic mass is 79.9. The second-order valence-electron chi connectivity index (χ2n) is 4.31. The van der Waals surface area contributed by atoms with Gasteiger partial charge in [-0.15, -0.1) is 0 Å². The van der Waals surface area contributed by atoms with Crippen LogP contribution in [0.25, 0.3) is 5.52 Å². The molecule has 1 saturated heterocycles. The molecule has 3 heterocycles. The Labute approximate surface area is 103 Å². The molecule has 84 valence electrons. The Morgan fingerprint density at radius 3 is 3.25 bits per heavy atom. The largest absolute Gasteiger partial charge is 0.314 e. The molecular formula is C12H14BrN3. The van der Waals surface area contributed by atoms with E-state index >= 15 is 0 Å². The Balaban J connectivity index is 1.93. The summed E-state index contributed by atoms with van der Waals surface area (Å²) in [7, 11) is 0. The Kier molecular flexibility index (Phi) is 2.69. The minimum absolute atomic E-state index is 0.601. The van der Waals surface area contributed by atoms with Crippen LogP contribution in [0.4, 0.5) is 0 Å². The maximum atomic E-state index is 4.50. The van der Waals surface area contributed by atoms with Crippen LogP contribution in [0.5, 0.6) is 0 Å². The highest BCUT2D eigenvalue weighted by molar-refractivity contribution is 9.10. The van der Waals surface area contributed by atoms with E-state index in [0.29, 0.717) is 6.04 Å². The summed E-state index contributed by atoms with van der Waals surface area (Å²) in [5, 5.41) is 3.51. The van der Waals surface area contributed by atoms with Crippen molar-refractivity contribution in [1.29, 1.82) is 0 Å². The minimum atomic E-state index is 0.601. The molecule has 0 aromatic carbocycles. The second kappa shape index (κ2) is 4.18. The summed E-state index contributed by atoms with van der Waals surface area (Å²) in [4.78, 5) is 4.50. The predicted molar refractivity (Wildman–Crippen MR) is 67.6 cm³/mol. The molecule has 1 aliphatic rings. The summed E-state index contributed by atoms with van der Waals surface area (Å²) in [5.74, 6) is 1.15. The number of hydrogen-bond donors (Lipinski definition) is 1. The van der Waals surface area contributed by atoms with E-state index < -0.39 is 0 Å². The minimum Gasteiger partial charge on any atom is -0.314 e. The number of pyridine rings is 1. The van der Waals surface area contributed by atoms with Gasteiger partial charge in [-0.1, -0.05) is 0 Å². The first-order valence-electron chi connectivity index (χ1n) is 5.68. The lowest BCUT2D eigenvalue weighted by Crippen LogP contribution is -2.24. The maximum absolute atomic E-state index is 4.50.